The van der Waals surface area contributed by atoms with Crippen molar-refractivity contribution in [1.82, 2.24) is 10.2 Å². The molecule has 3 rings (SSSR count). The maximum atomic E-state index is 11.2. The van der Waals surface area contributed by atoms with Crippen LogP contribution in [0, 0.1) is 0 Å². The molecule has 2 aromatic rings. The van der Waals surface area contributed by atoms with Gasteiger partial charge in [-0.25, -0.2) is 4.79 Å². The molecule has 0 atom stereocenters. The Morgan fingerprint density at radius 3 is 2.90 bits per heavy atom. The van der Waals surface area contributed by atoms with Gasteiger partial charge in [0.25, 0.3) is 0 Å². The Labute approximate surface area is 119 Å². The van der Waals surface area contributed by atoms with Crippen LogP contribution >= 0.6 is 11.6 Å². The summed E-state index contributed by atoms with van der Waals surface area (Å²) in [5.74, 6) is 1.19. The molecule has 0 fully saturated rings. The van der Waals surface area contributed by atoms with Crippen LogP contribution in [0.1, 0.15) is 24.2 Å². The van der Waals surface area contributed by atoms with Gasteiger partial charge in [-0.15, -0.1) is 10.2 Å². The minimum Gasteiger partial charge on any atom is -0.427 e. The summed E-state index contributed by atoms with van der Waals surface area (Å²) in [6.07, 6.45) is 2.46. The van der Waals surface area contributed by atoms with Crippen LogP contribution in [0.15, 0.2) is 38.6 Å². The second kappa shape index (κ2) is 5.42. The number of hydrazone groups is 1. The van der Waals surface area contributed by atoms with E-state index in [9.17, 15) is 4.79 Å². The Kier molecular flexibility index (Phi) is 3.47. The van der Waals surface area contributed by atoms with Crippen molar-refractivity contribution in [3.63, 3.8) is 0 Å². The lowest BCUT2D eigenvalue weighted by Gasteiger charge is -2.15. The minimum atomic E-state index is -0.332. The van der Waals surface area contributed by atoms with E-state index < -0.39 is 0 Å². The number of fused-ring (bicyclic) bond motifs is 1. The molecule has 2 heterocycles. The zero-order valence-electron chi connectivity index (χ0n) is 10.5. The van der Waals surface area contributed by atoms with Gasteiger partial charge in [-0.05, 0) is 31.0 Å². The molecule has 0 aliphatic heterocycles. The molecule has 2 aromatic heterocycles. The van der Waals surface area contributed by atoms with E-state index >= 15 is 0 Å². The maximum absolute atomic E-state index is 11.2. The number of rotatable bonds is 2. The predicted octanol–water partition coefficient (Wildman–Crippen LogP) is 2.24. The van der Waals surface area contributed by atoms with Crippen LogP contribution in [0.5, 0.6) is 0 Å². The summed E-state index contributed by atoms with van der Waals surface area (Å²) in [5.41, 5.74) is 4.21. The Morgan fingerprint density at radius 1 is 1.20 bits per heavy atom. The molecule has 0 saturated carbocycles. The third-order valence-electron chi connectivity index (χ3n) is 2.98. The van der Waals surface area contributed by atoms with Gasteiger partial charge in [0.05, 0.1) is 5.71 Å². The first kappa shape index (κ1) is 12.8. The Morgan fingerprint density at radius 2 is 2.10 bits per heavy atom. The van der Waals surface area contributed by atoms with E-state index in [1.165, 1.54) is 6.07 Å². The molecule has 0 aromatic carbocycles. The molecule has 0 amide bonds. The Hall–Kier alpha value is -2.21. The number of anilines is 1. The lowest BCUT2D eigenvalue weighted by Crippen LogP contribution is -2.16. The van der Waals surface area contributed by atoms with E-state index in [2.05, 4.69) is 20.7 Å². The highest BCUT2D eigenvalue weighted by atomic mass is 35.5. The SMILES string of the molecule is O=c1ccc2c(o1)CCC/C2=N/Nc1ccc(Cl)nn1. The molecular weight excluding hydrogens is 280 g/mol. The van der Waals surface area contributed by atoms with Crippen LogP contribution in [0.4, 0.5) is 5.82 Å². The van der Waals surface area contributed by atoms with Crippen molar-refractivity contribution in [3.8, 4) is 0 Å². The van der Waals surface area contributed by atoms with Gasteiger partial charge in [0, 0.05) is 18.1 Å². The number of nitrogens with zero attached hydrogens (tertiary/aromatic N) is 3. The molecule has 0 saturated heterocycles. The monoisotopic (exact) mass is 290 g/mol. The van der Waals surface area contributed by atoms with Crippen molar-refractivity contribution in [2.45, 2.75) is 19.3 Å². The van der Waals surface area contributed by atoms with Gasteiger partial charge in [0.1, 0.15) is 5.76 Å². The second-order valence-electron chi connectivity index (χ2n) is 4.36. The molecule has 0 bridgehead atoms. The fourth-order valence-corrected chi connectivity index (χ4v) is 2.17. The van der Waals surface area contributed by atoms with E-state index in [1.54, 1.807) is 18.2 Å². The molecule has 20 heavy (non-hydrogen) atoms. The number of halogens is 1. The van der Waals surface area contributed by atoms with E-state index in [0.29, 0.717) is 16.7 Å². The van der Waals surface area contributed by atoms with Crippen LogP contribution in [0.2, 0.25) is 5.15 Å². The van der Waals surface area contributed by atoms with Crippen molar-refractivity contribution in [3.05, 3.63) is 51.2 Å². The molecule has 0 unspecified atom stereocenters. The summed E-state index contributed by atoms with van der Waals surface area (Å²) in [5, 5.41) is 12.2. The van der Waals surface area contributed by atoms with Gasteiger partial charge in [0.2, 0.25) is 0 Å². The third-order valence-corrected chi connectivity index (χ3v) is 3.18. The number of hydrogen-bond acceptors (Lipinski definition) is 6. The molecule has 1 N–H and O–H groups in total. The molecule has 6 nitrogen and oxygen atoms in total. The first-order valence-electron chi connectivity index (χ1n) is 6.17. The minimum absolute atomic E-state index is 0.327. The molecular formula is C13H11ClN4O2. The summed E-state index contributed by atoms with van der Waals surface area (Å²) in [4.78, 5) is 11.2. The average molecular weight is 291 g/mol. The van der Waals surface area contributed by atoms with Gasteiger partial charge in [-0.2, -0.15) is 5.10 Å². The maximum Gasteiger partial charge on any atom is 0.335 e. The Bertz CT molecular complexity index is 709. The highest BCUT2D eigenvalue weighted by Gasteiger charge is 2.18. The topological polar surface area (TPSA) is 80.4 Å². The number of nitrogens with one attached hydrogen (secondary N) is 1. The fraction of sp³-hybridized carbons (Fsp3) is 0.231. The number of aromatic nitrogens is 2. The van der Waals surface area contributed by atoms with Crippen molar-refractivity contribution < 1.29 is 4.42 Å². The van der Waals surface area contributed by atoms with E-state index in [1.807, 2.05) is 0 Å². The lowest BCUT2D eigenvalue weighted by molar-refractivity contribution is 0.449. The van der Waals surface area contributed by atoms with E-state index in [4.69, 9.17) is 16.0 Å². The Balaban J connectivity index is 1.86. The fourth-order valence-electron chi connectivity index (χ4n) is 2.07. The largest absolute Gasteiger partial charge is 0.427 e. The highest BCUT2D eigenvalue weighted by Crippen LogP contribution is 2.20. The normalized spacial score (nSPS) is 15.9. The standard InChI is InChI=1S/C13H11ClN4O2/c14-11-5-6-12(18-16-11)17-15-9-2-1-3-10-8(9)4-7-13(19)20-10/h4-7H,1-3H2,(H,17,18)/b15-9-. The second-order valence-corrected chi connectivity index (χ2v) is 4.74. The zero-order valence-corrected chi connectivity index (χ0v) is 11.2. The van der Waals surface area contributed by atoms with Crippen LogP contribution in [0.25, 0.3) is 0 Å². The lowest BCUT2D eigenvalue weighted by atomic mass is 9.95. The molecule has 102 valence electrons. The van der Waals surface area contributed by atoms with Crippen molar-refractivity contribution in [1.29, 1.82) is 0 Å². The molecule has 1 aliphatic rings. The number of aryl methyl sites for hydroxylation is 1. The molecule has 1 aliphatic carbocycles. The van der Waals surface area contributed by atoms with Crippen LogP contribution in [-0.2, 0) is 6.42 Å². The number of hydrogen-bond donors (Lipinski definition) is 1. The zero-order chi connectivity index (χ0) is 13.9. The molecule has 7 heteroatoms. The highest BCUT2D eigenvalue weighted by molar-refractivity contribution is 6.29. The van der Waals surface area contributed by atoms with Crippen molar-refractivity contribution in [2.24, 2.45) is 5.10 Å². The van der Waals surface area contributed by atoms with Gasteiger partial charge in [0.15, 0.2) is 11.0 Å². The van der Waals surface area contributed by atoms with Crippen LogP contribution in [0.3, 0.4) is 0 Å². The van der Waals surface area contributed by atoms with Crippen LogP contribution in [-0.4, -0.2) is 15.9 Å². The summed E-state index contributed by atoms with van der Waals surface area (Å²) < 4.78 is 5.19. The summed E-state index contributed by atoms with van der Waals surface area (Å²) in [6, 6.07) is 6.47. The molecule has 0 spiro atoms. The first-order valence-corrected chi connectivity index (χ1v) is 6.55. The average Bonchev–Trinajstić information content (AvgIpc) is 2.46. The summed E-state index contributed by atoms with van der Waals surface area (Å²) >= 11 is 5.66. The van der Waals surface area contributed by atoms with E-state index in [0.717, 1.165) is 30.5 Å². The summed E-state index contributed by atoms with van der Waals surface area (Å²) in [6.45, 7) is 0. The van der Waals surface area contributed by atoms with E-state index in [-0.39, 0.29) is 5.63 Å². The third kappa shape index (κ3) is 2.70. The van der Waals surface area contributed by atoms with Crippen molar-refractivity contribution in [2.75, 3.05) is 5.43 Å². The van der Waals surface area contributed by atoms with Gasteiger partial charge in [-0.1, -0.05) is 11.6 Å². The van der Waals surface area contributed by atoms with Crippen LogP contribution < -0.4 is 11.1 Å². The smallest absolute Gasteiger partial charge is 0.335 e. The van der Waals surface area contributed by atoms with Gasteiger partial charge in [-0.3, -0.25) is 5.43 Å². The van der Waals surface area contributed by atoms with Gasteiger partial charge >= 0.3 is 5.63 Å². The predicted molar refractivity (Wildman–Crippen MR) is 75.1 cm³/mol. The first-order chi connectivity index (χ1) is 9.72. The van der Waals surface area contributed by atoms with Crippen molar-refractivity contribution >= 4 is 23.1 Å². The quantitative estimate of drug-likeness (QED) is 0.858. The molecule has 0 radical (unpaired) electrons. The van der Waals surface area contributed by atoms with Gasteiger partial charge < -0.3 is 4.42 Å². The summed E-state index contributed by atoms with van der Waals surface area (Å²) in [7, 11) is 0.